The molecule has 5 heteroatoms. The zero-order valence-electron chi connectivity index (χ0n) is 9.37. The van der Waals surface area contributed by atoms with E-state index in [2.05, 4.69) is 0 Å². The van der Waals surface area contributed by atoms with Crippen LogP contribution in [0, 0.1) is 10.1 Å². The van der Waals surface area contributed by atoms with Crippen molar-refractivity contribution < 1.29 is 9.66 Å². The summed E-state index contributed by atoms with van der Waals surface area (Å²) in [6, 6.07) is 8.82. The quantitative estimate of drug-likeness (QED) is 0.601. The summed E-state index contributed by atoms with van der Waals surface area (Å²) in [6.45, 7) is 0.609. The van der Waals surface area contributed by atoms with Crippen molar-refractivity contribution in [3.63, 3.8) is 0 Å². The molecule has 0 atom stereocenters. The van der Waals surface area contributed by atoms with Gasteiger partial charge in [0.1, 0.15) is 0 Å². The van der Waals surface area contributed by atoms with Gasteiger partial charge < -0.3 is 9.30 Å². The Hall–Kier alpha value is -2.30. The van der Waals surface area contributed by atoms with E-state index < -0.39 is 4.92 Å². The molecule has 0 aliphatic rings. The molecule has 0 spiro atoms. The Kier molecular flexibility index (Phi) is 3.09. The lowest BCUT2D eigenvalue weighted by atomic mass is 10.2. The minimum absolute atomic E-state index is 0.00263. The molecule has 0 amide bonds. The lowest BCUT2D eigenvalue weighted by Gasteiger charge is -2.06. The van der Waals surface area contributed by atoms with E-state index in [-0.39, 0.29) is 11.4 Å². The topological polar surface area (TPSA) is 57.3 Å². The number of rotatable bonds is 4. The second-order valence-electron chi connectivity index (χ2n) is 3.62. The number of nitro benzene ring substituents is 1. The van der Waals surface area contributed by atoms with E-state index in [1.807, 2.05) is 35.2 Å². The van der Waals surface area contributed by atoms with Gasteiger partial charge in [-0.05, 0) is 23.8 Å². The van der Waals surface area contributed by atoms with Gasteiger partial charge in [-0.15, -0.1) is 0 Å². The first kappa shape index (κ1) is 11.2. The van der Waals surface area contributed by atoms with Crippen molar-refractivity contribution in [1.29, 1.82) is 0 Å². The Bertz CT molecular complexity index is 521. The van der Waals surface area contributed by atoms with Crippen LogP contribution in [0.4, 0.5) is 5.69 Å². The number of nitro groups is 1. The van der Waals surface area contributed by atoms with Crippen LogP contribution in [0.5, 0.6) is 5.75 Å². The van der Waals surface area contributed by atoms with E-state index in [1.165, 1.54) is 7.11 Å². The fourth-order valence-electron chi connectivity index (χ4n) is 1.66. The molecule has 17 heavy (non-hydrogen) atoms. The first-order valence-electron chi connectivity index (χ1n) is 5.13. The molecule has 0 N–H and O–H groups in total. The minimum Gasteiger partial charge on any atom is -0.490 e. The van der Waals surface area contributed by atoms with Crippen LogP contribution in [-0.2, 0) is 6.54 Å². The molecule has 2 aromatic rings. The average molecular weight is 232 g/mol. The second kappa shape index (κ2) is 4.69. The third kappa shape index (κ3) is 2.44. The third-order valence-electron chi connectivity index (χ3n) is 2.47. The van der Waals surface area contributed by atoms with Crippen LogP contribution in [0.3, 0.4) is 0 Å². The molecule has 0 radical (unpaired) electrons. The van der Waals surface area contributed by atoms with Gasteiger partial charge in [-0.3, -0.25) is 10.1 Å². The van der Waals surface area contributed by atoms with Crippen molar-refractivity contribution in [2.45, 2.75) is 6.54 Å². The summed E-state index contributed by atoms with van der Waals surface area (Å²) in [5.74, 6) is 0.284. The van der Waals surface area contributed by atoms with Crippen molar-refractivity contribution in [2.24, 2.45) is 0 Å². The van der Waals surface area contributed by atoms with Gasteiger partial charge in [-0.2, -0.15) is 0 Å². The molecule has 0 fully saturated rings. The van der Waals surface area contributed by atoms with Gasteiger partial charge in [0.05, 0.1) is 12.0 Å². The number of hydrogen-bond acceptors (Lipinski definition) is 3. The Labute approximate surface area is 98.4 Å². The summed E-state index contributed by atoms with van der Waals surface area (Å²) in [7, 11) is 1.42. The number of aromatic nitrogens is 1. The number of benzene rings is 1. The molecule has 5 nitrogen and oxygen atoms in total. The molecule has 0 aliphatic carbocycles. The fourth-order valence-corrected chi connectivity index (χ4v) is 1.66. The molecule has 2 rings (SSSR count). The molecule has 88 valence electrons. The van der Waals surface area contributed by atoms with Crippen LogP contribution in [0.25, 0.3) is 0 Å². The predicted molar refractivity (Wildman–Crippen MR) is 63.2 cm³/mol. The van der Waals surface area contributed by atoms with E-state index in [0.29, 0.717) is 6.54 Å². The van der Waals surface area contributed by atoms with Crippen LogP contribution < -0.4 is 4.74 Å². The highest BCUT2D eigenvalue weighted by Gasteiger charge is 2.14. The number of nitrogens with zero attached hydrogens (tertiary/aromatic N) is 2. The number of ether oxygens (including phenoxy) is 1. The van der Waals surface area contributed by atoms with E-state index in [1.54, 1.807) is 12.1 Å². The van der Waals surface area contributed by atoms with Crippen LogP contribution in [0.1, 0.15) is 5.56 Å². The van der Waals surface area contributed by atoms with Gasteiger partial charge in [0.2, 0.25) is 0 Å². The van der Waals surface area contributed by atoms with Gasteiger partial charge >= 0.3 is 5.69 Å². The Morgan fingerprint density at radius 2 is 2.06 bits per heavy atom. The van der Waals surface area contributed by atoms with E-state index in [9.17, 15) is 10.1 Å². The molecular formula is C12H12N2O3. The summed E-state index contributed by atoms with van der Waals surface area (Å²) in [6.07, 6.45) is 3.83. The summed E-state index contributed by atoms with van der Waals surface area (Å²) in [4.78, 5) is 10.4. The molecular weight excluding hydrogens is 220 g/mol. The molecule has 0 bridgehead atoms. The standard InChI is InChI=1S/C12H12N2O3/c1-17-12-5-4-10(8-11(12)14(15)16)9-13-6-2-3-7-13/h2-8H,9H2,1H3. The first-order chi connectivity index (χ1) is 8.20. The normalized spacial score (nSPS) is 10.2. The van der Waals surface area contributed by atoms with E-state index in [4.69, 9.17) is 4.74 Å². The summed E-state index contributed by atoms with van der Waals surface area (Å²) < 4.78 is 6.90. The van der Waals surface area contributed by atoms with Gasteiger partial charge in [0.15, 0.2) is 5.75 Å². The lowest BCUT2D eigenvalue weighted by molar-refractivity contribution is -0.385. The van der Waals surface area contributed by atoms with Crippen LogP contribution in [0.15, 0.2) is 42.7 Å². The fraction of sp³-hybridized carbons (Fsp3) is 0.167. The maximum Gasteiger partial charge on any atom is 0.311 e. The van der Waals surface area contributed by atoms with Crippen LogP contribution in [0.2, 0.25) is 0 Å². The second-order valence-corrected chi connectivity index (χ2v) is 3.62. The molecule has 1 aromatic heterocycles. The highest BCUT2D eigenvalue weighted by atomic mass is 16.6. The minimum atomic E-state index is -0.433. The van der Waals surface area contributed by atoms with Crippen molar-refractivity contribution in [2.75, 3.05) is 7.11 Å². The average Bonchev–Trinajstić information content (AvgIpc) is 2.81. The van der Waals surface area contributed by atoms with Crippen molar-refractivity contribution in [3.8, 4) is 5.75 Å². The predicted octanol–water partition coefficient (Wildman–Crippen LogP) is 2.45. The monoisotopic (exact) mass is 232 g/mol. The molecule has 1 aromatic carbocycles. The van der Waals surface area contributed by atoms with Crippen molar-refractivity contribution in [3.05, 3.63) is 58.4 Å². The van der Waals surface area contributed by atoms with Gasteiger partial charge in [0.25, 0.3) is 0 Å². The Balaban J connectivity index is 2.30. The highest BCUT2D eigenvalue weighted by Crippen LogP contribution is 2.27. The van der Waals surface area contributed by atoms with Crippen molar-refractivity contribution >= 4 is 5.69 Å². The van der Waals surface area contributed by atoms with Crippen LogP contribution in [-0.4, -0.2) is 16.6 Å². The number of methoxy groups -OCH3 is 1. The zero-order valence-corrected chi connectivity index (χ0v) is 9.37. The van der Waals surface area contributed by atoms with E-state index in [0.717, 1.165) is 5.56 Å². The van der Waals surface area contributed by atoms with Gasteiger partial charge in [0, 0.05) is 25.0 Å². The van der Waals surface area contributed by atoms with Crippen molar-refractivity contribution in [1.82, 2.24) is 4.57 Å². The maximum absolute atomic E-state index is 10.9. The van der Waals surface area contributed by atoms with E-state index >= 15 is 0 Å². The van der Waals surface area contributed by atoms with Gasteiger partial charge in [-0.25, -0.2) is 0 Å². The molecule has 0 aliphatic heterocycles. The number of hydrogen-bond donors (Lipinski definition) is 0. The smallest absolute Gasteiger partial charge is 0.311 e. The van der Waals surface area contributed by atoms with Gasteiger partial charge in [-0.1, -0.05) is 6.07 Å². The largest absolute Gasteiger partial charge is 0.490 e. The zero-order chi connectivity index (χ0) is 12.3. The van der Waals surface area contributed by atoms with Crippen LogP contribution >= 0.6 is 0 Å². The highest BCUT2D eigenvalue weighted by molar-refractivity contribution is 5.48. The Morgan fingerprint density at radius 1 is 1.35 bits per heavy atom. The lowest BCUT2D eigenvalue weighted by Crippen LogP contribution is -1.99. The SMILES string of the molecule is COc1ccc(Cn2cccc2)cc1[N+](=O)[O-]. The first-order valence-corrected chi connectivity index (χ1v) is 5.13. The third-order valence-corrected chi connectivity index (χ3v) is 2.47. The molecule has 1 heterocycles. The summed E-state index contributed by atoms with van der Waals surface area (Å²) in [5, 5.41) is 10.9. The molecule has 0 unspecified atom stereocenters. The molecule has 0 saturated heterocycles. The summed E-state index contributed by atoms with van der Waals surface area (Å²) >= 11 is 0. The maximum atomic E-state index is 10.9. The summed E-state index contributed by atoms with van der Waals surface area (Å²) in [5.41, 5.74) is 0.867. The Morgan fingerprint density at radius 3 is 2.65 bits per heavy atom. The molecule has 0 saturated carbocycles.